The van der Waals surface area contributed by atoms with Crippen LogP contribution in [0.15, 0.2) is 5.16 Å². The molecule has 0 saturated carbocycles. The van der Waals surface area contributed by atoms with Gasteiger partial charge in [0.05, 0.1) is 17.7 Å². The van der Waals surface area contributed by atoms with Gasteiger partial charge in [-0.2, -0.15) is 0 Å². The Labute approximate surface area is 141 Å². The van der Waals surface area contributed by atoms with Crippen molar-refractivity contribution >= 4 is 50.9 Å². The van der Waals surface area contributed by atoms with E-state index in [1.54, 1.807) is 18.3 Å². The van der Waals surface area contributed by atoms with E-state index in [-0.39, 0.29) is 24.6 Å². The zero-order valence-corrected chi connectivity index (χ0v) is 14.4. The number of rotatable bonds is 6. The smallest absolute Gasteiger partial charge is 0.313 e. The van der Waals surface area contributed by atoms with E-state index in [1.165, 1.54) is 22.2 Å². The average molecular weight is 351 g/mol. The number of thiophene rings is 1. The number of nitrogen functional groups attached to an aromatic ring is 1. The third-order valence-corrected chi connectivity index (χ3v) is 5.67. The number of nitrogens with zero attached hydrogens (tertiary/aromatic N) is 2. The molecule has 2 aromatic heterocycles. The molecule has 0 spiro atoms. The van der Waals surface area contributed by atoms with E-state index in [1.807, 2.05) is 0 Å². The molecule has 0 aliphatic heterocycles. The first kappa shape index (κ1) is 16.2. The summed E-state index contributed by atoms with van der Waals surface area (Å²) in [6.07, 6.45) is 3.06. The van der Waals surface area contributed by atoms with Crippen LogP contribution in [0.3, 0.4) is 0 Å². The molecule has 122 valence electrons. The number of ether oxygens (including phenoxy) is 1. The number of thioether (sulfide) groups is 1. The van der Waals surface area contributed by atoms with E-state index in [0.717, 1.165) is 29.5 Å². The number of fused-ring (bicyclic) bond motifs is 3. The van der Waals surface area contributed by atoms with Crippen LogP contribution in [0.1, 0.15) is 30.2 Å². The van der Waals surface area contributed by atoms with Gasteiger partial charge in [0.2, 0.25) is 0 Å². The van der Waals surface area contributed by atoms with Crippen molar-refractivity contribution in [1.82, 2.24) is 9.97 Å². The molecule has 23 heavy (non-hydrogen) atoms. The highest BCUT2D eigenvalue weighted by atomic mass is 32.2. The van der Waals surface area contributed by atoms with Gasteiger partial charge >= 0.3 is 5.97 Å². The van der Waals surface area contributed by atoms with Gasteiger partial charge in [-0.15, -0.1) is 11.3 Å². The van der Waals surface area contributed by atoms with Crippen LogP contribution in [0, 0.1) is 0 Å². The number of hydrogen-bond donors (Lipinski definition) is 1. The number of hydrogen-bond acceptors (Lipinski definition) is 8. The summed E-state index contributed by atoms with van der Waals surface area (Å²) in [4.78, 5) is 34.1. The van der Waals surface area contributed by atoms with E-state index in [2.05, 4.69) is 9.97 Å². The first-order valence-electron chi connectivity index (χ1n) is 7.46. The lowest BCUT2D eigenvalue weighted by molar-refractivity contribution is -0.145. The lowest BCUT2D eigenvalue weighted by Crippen LogP contribution is -2.13. The molecule has 0 aromatic carbocycles. The number of aromatic nitrogens is 2. The molecule has 2 heterocycles. The lowest BCUT2D eigenvalue weighted by atomic mass is 10.2. The van der Waals surface area contributed by atoms with Crippen molar-refractivity contribution in [3.63, 3.8) is 0 Å². The minimum Gasteiger partial charge on any atom is -0.466 e. The minimum absolute atomic E-state index is 0.134. The van der Waals surface area contributed by atoms with Gasteiger partial charge < -0.3 is 10.5 Å². The predicted octanol–water partition coefficient (Wildman–Crippen LogP) is 2.38. The standard InChI is InChI=1S/C15H17N3O3S2/c1-2-21-11(20)6-8(19)7-22-15-17-13(16)12-9-4-3-5-10(9)23-14(12)18-15/h2-7H2,1H3,(H2,16,17,18). The zero-order chi connectivity index (χ0) is 16.4. The second-order valence-corrected chi connectivity index (χ2v) is 7.26. The molecular formula is C15H17N3O3S2. The van der Waals surface area contributed by atoms with Crippen LogP contribution in [-0.4, -0.2) is 34.1 Å². The highest BCUT2D eigenvalue weighted by Gasteiger charge is 2.21. The molecule has 1 aliphatic rings. The molecule has 2 aromatic rings. The summed E-state index contributed by atoms with van der Waals surface area (Å²) in [5, 5.41) is 1.46. The Bertz CT molecular complexity index is 773. The van der Waals surface area contributed by atoms with E-state index < -0.39 is 5.97 Å². The van der Waals surface area contributed by atoms with Crippen LogP contribution < -0.4 is 5.73 Å². The number of carbonyl (C=O) groups excluding carboxylic acids is 2. The maximum absolute atomic E-state index is 11.8. The first-order chi connectivity index (χ1) is 11.1. The molecule has 8 heteroatoms. The fraction of sp³-hybridized carbons (Fsp3) is 0.467. The topological polar surface area (TPSA) is 95.2 Å². The second kappa shape index (κ2) is 6.84. The highest BCUT2D eigenvalue weighted by Crippen LogP contribution is 2.39. The molecule has 0 unspecified atom stereocenters. The maximum Gasteiger partial charge on any atom is 0.313 e. The van der Waals surface area contributed by atoms with Crippen molar-refractivity contribution < 1.29 is 14.3 Å². The summed E-state index contributed by atoms with van der Waals surface area (Å²) in [5.74, 6) is -0.0858. The van der Waals surface area contributed by atoms with Crippen molar-refractivity contribution in [2.24, 2.45) is 0 Å². The van der Waals surface area contributed by atoms with Crippen molar-refractivity contribution in [2.75, 3.05) is 18.1 Å². The van der Waals surface area contributed by atoms with Crippen LogP contribution in [-0.2, 0) is 27.2 Å². The van der Waals surface area contributed by atoms with Crippen molar-refractivity contribution in [2.45, 2.75) is 37.8 Å². The van der Waals surface area contributed by atoms with Gasteiger partial charge in [-0.3, -0.25) is 9.59 Å². The molecule has 2 N–H and O–H groups in total. The summed E-state index contributed by atoms with van der Waals surface area (Å²) >= 11 is 2.87. The third-order valence-electron chi connectivity index (χ3n) is 3.58. The van der Waals surface area contributed by atoms with Gasteiger partial charge in [-0.1, -0.05) is 11.8 Å². The molecule has 0 bridgehead atoms. The van der Waals surface area contributed by atoms with E-state index in [0.29, 0.717) is 11.0 Å². The Morgan fingerprint density at radius 2 is 2.17 bits per heavy atom. The van der Waals surface area contributed by atoms with Crippen LogP contribution in [0.4, 0.5) is 5.82 Å². The molecular weight excluding hydrogens is 334 g/mol. The fourth-order valence-corrected chi connectivity index (χ4v) is 4.67. The summed E-state index contributed by atoms with van der Waals surface area (Å²) in [5.41, 5.74) is 7.37. The molecule has 1 aliphatic carbocycles. The van der Waals surface area contributed by atoms with Crippen LogP contribution >= 0.6 is 23.1 Å². The number of ketones is 1. The monoisotopic (exact) mass is 351 g/mol. The fourth-order valence-electron chi connectivity index (χ4n) is 2.64. The number of Topliss-reactive ketones (excluding diaryl/α,β-unsaturated/α-hetero) is 1. The second-order valence-electron chi connectivity index (χ2n) is 5.24. The number of anilines is 1. The minimum atomic E-state index is -0.497. The van der Waals surface area contributed by atoms with Gasteiger partial charge in [0.25, 0.3) is 0 Å². The Hall–Kier alpha value is -1.67. The first-order valence-corrected chi connectivity index (χ1v) is 9.26. The number of esters is 1. The summed E-state index contributed by atoms with van der Waals surface area (Å²) in [6.45, 7) is 1.99. The van der Waals surface area contributed by atoms with Crippen molar-refractivity contribution in [3.05, 3.63) is 10.4 Å². The van der Waals surface area contributed by atoms with Gasteiger partial charge in [0.1, 0.15) is 17.1 Å². The molecule has 0 fully saturated rings. The molecule has 6 nitrogen and oxygen atoms in total. The van der Waals surface area contributed by atoms with Crippen molar-refractivity contribution in [1.29, 1.82) is 0 Å². The highest BCUT2D eigenvalue weighted by molar-refractivity contribution is 7.99. The average Bonchev–Trinajstić information content (AvgIpc) is 3.05. The summed E-state index contributed by atoms with van der Waals surface area (Å²) < 4.78 is 4.76. The maximum atomic E-state index is 11.8. The lowest BCUT2D eigenvalue weighted by Gasteiger charge is -2.04. The number of nitrogens with two attached hydrogens (primary N) is 1. The van der Waals surface area contributed by atoms with E-state index >= 15 is 0 Å². The third kappa shape index (κ3) is 3.48. The quantitative estimate of drug-likeness (QED) is 0.369. The number of carbonyl (C=O) groups is 2. The van der Waals surface area contributed by atoms with Crippen LogP contribution in [0.5, 0.6) is 0 Å². The van der Waals surface area contributed by atoms with Gasteiger partial charge in [-0.05, 0) is 31.7 Å². The molecule has 0 amide bonds. The molecule has 0 atom stereocenters. The zero-order valence-electron chi connectivity index (χ0n) is 12.8. The summed E-state index contributed by atoms with van der Waals surface area (Å²) in [7, 11) is 0. The van der Waals surface area contributed by atoms with Gasteiger partial charge in [0.15, 0.2) is 10.9 Å². The largest absolute Gasteiger partial charge is 0.466 e. The Morgan fingerprint density at radius 1 is 1.35 bits per heavy atom. The van der Waals surface area contributed by atoms with Crippen LogP contribution in [0.2, 0.25) is 0 Å². The SMILES string of the molecule is CCOC(=O)CC(=O)CSc1nc(N)c2c3c(sc2n1)CCC3. The normalized spacial score (nSPS) is 13.3. The van der Waals surface area contributed by atoms with E-state index in [9.17, 15) is 9.59 Å². The Kier molecular flexibility index (Phi) is 4.82. The van der Waals surface area contributed by atoms with Gasteiger partial charge in [0, 0.05) is 4.88 Å². The Balaban J connectivity index is 1.69. The molecule has 0 radical (unpaired) electrons. The van der Waals surface area contributed by atoms with Crippen molar-refractivity contribution in [3.8, 4) is 0 Å². The predicted molar refractivity (Wildman–Crippen MR) is 90.8 cm³/mol. The van der Waals surface area contributed by atoms with Gasteiger partial charge in [-0.25, -0.2) is 9.97 Å². The summed E-state index contributed by atoms with van der Waals surface area (Å²) in [6, 6.07) is 0. The molecule has 0 saturated heterocycles. The van der Waals surface area contributed by atoms with Crippen LogP contribution in [0.25, 0.3) is 10.2 Å². The molecule has 3 rings (SSSR count). The van der Waals surface area contributed by atoms with E-state index in [4.69, 9.17) is 10.5 Å². The Morgan fingerprint density at radius 3 is 2.96 bits per heavy atom. The number of aryl methyl sites for hydroxylation is 2.